The number of halogens is 1. The van der Waals surface area contributed by atoms with Gasteiger partial charge in [0.05, 0.1) is 5.25 Å². The van der Waals surface area contributed by atoms with Crippen LogP contribution in [0.2, 0.25) is 5.02 Å². The monoisotopic (exact) mass is 322 g/mol. The molecule has 21 heavy (non-hydrogen) atoms. The summed E-state index contributed by atoms with van der Waals surface area (Å²) in [5, 5.41) is 10.9. The second-order valence-corrected chi connectivity index (χ2v) is 6.78. The number of amides is 1. The standard InChI is InChI=1S/C14H15ClN4OS/c1-8(13(20)16-11-6-4-10(15)5-7-11)21-14-17-12(18-19-14)9-2-3-9/h4-9H,2-3H2,1H3,(H,16,20)(H,17,18,19). The highest BCUT2D eigenvalue weighted by atomic mass is 35.5. The molecule has 1 aromatic heterocycles. The molecule has 1 amide bonds. The van der Waals surface area contributed by atoms with Gasteiger partial charge in [-0.05, 0) is 44.0 Å². The van der Waals surface area contributed by atoms with Crippen molar-refractivity contribution in [1.82, 2.24) is 15.2 Å². The lowest BCUT2D eigenvalue weighted by Crippen LogP contribution is -2.22. The van der Waals surface area contributed by atoms with Crippen LogP contribution >= 0.6 is 23.4 Å². The van der Waals surface area contributed by atoms with Crippen molar-refractivity contribution in [3.63, 3.8) is 0 Å². The predicted octanol–water partition coefficient (Wildman–Crippen LogP) is 3.45. The van der Waals surface area contributed by atoms with Gasteiger partial charge in [-0.1, -0.05) is 23.4 Å². The summed E-state index contributed by atoms with van der Waals surface area (Å²) in [5.41, 5.74) is 0.727. The van der Waals surface area contributed by atoms with Crippen molar-refractivity contribution in [1.29, 1.82) is 0 Å². The molecule has 110 valence electrons. The first-order valence-electron chi connectivity index (χ1n) is 6.77. The van der Waals surface area contributed by atoms with Crippen molar-refractivity contribution in [3.8, 4) is 0 Å². The van der Waals surface area contributed by atoms with Crippen LogP contribution < -0.4 is 5.32 Å². The van der Waals surface area contributed by atoms with Crippen LogP contribution in [-0.4, -0.2) is 26.3 Å². The summed E-state index contributed by atoms with van der Waals surface area (Å²) in [5.74, 6) is 1.38. The number of aromatic nitrogens is 3. The molecule has 0 spiro atoms. The van der Waals surface area contributed by atoms with Gasteiger partial charge in [-0.2, -0.15) is 0 Å². The van der Waals surface area contributed by atoms with E-state index in [2.05, 4.69) is 20.5 Å². The molecule has 1 atom stereocenters. The minimum atomic E-state index is -0.275. The summed E-state index contributed by atoms with van der Waals surface area (Å²) in [4.78, 5) is 16.5. The molecule has 2 N–H and O–H groups in total. The maximum atomic E-state index is 12.1. The topological polar surface area (TPSA) is 70.7 Å². The maximum Gasteiger partial charge on any atom is 0.237 e. The van der Waals surface area contributed by atoms with Crippen molar-refractivity contribution in [2.75, 3.05) is 5.32 Å². The molecule has 1 aromatic carbocycles. The molecule has 1 aliphatic carbocycles. The summed E-state index contributed by atoms with van der Waals surface area (Å²) in [6.45, 7) is 1.84. The second-order valence-electron chi connectivity index (χ2n) is 5.03. The number of aromatic amines is 1. The van der Waals surface area contributed by atoms with Crippen LogP contribution in [0, 0.1) is 0 Å². The number of nitrogens with zero attached hydrogens (tertiary/aromatic N) is 2. The van der Waals surface area contributed by atoms with E-state index in [4.69, 9.17) is 11.6 Å². The van der Waals surface area contributed by atoms with Crippen molar-refractivity contribution in [2.45, 2.75) is 36.1 Å². The van der Waals surface area contributed by atoms with Crippen LogP contribution in [0.5, 0.6) is 0 Å². The van der Waals surface area contributed by atoms with E-state index in [1.165, 1.54) is 24.6 Å². The molecular formula is C14H15ClN4OS. The first-order valence-corrected chi connectivity index (χ1v) is 8.03. The molecule has 1 unspecified atom stereocenters. The number of thioether (sulfide) groups is 1. The van der Waals surface area contributed by atoms with Crippen LogP contribution in [-0.2, 0) is 4.79 Å². The van der Waals surface area contributed by atoms with Gasteiger partial charge < -0.3 is 5.32 Å². The maximum absolute atomic E-state index is 12.1. The fraction of sp³-hybridized carbons (Fsp3) is 0.357. The molecule has 7 heteroatoms. The third-order valence-electron chi connectivity index (χ3n) is 3.21. The van der Waals surface area contributed by atoms with Gasteiger partial charge in [0, 0.05) is 16.6 Å². The number of hydrogen-bond donors (Lipinski definition) is 2. The van der Waals surface area contributed by atoms with Gasteiger partial charge in [-0.25, -0.2) is 4.98 Å². The first-order chi connectivity index (χ1) is 10.1. The largest absolute Gasteiger partial charge is 0.325 e. The Labute approximate surface area is 131 Å². The Bertz CT molecular complexity index is 639. The Morgan fingerprint density at radius 3 is 2.81 bits per heavy atom. The zero-order chi connectivity index (χ0) is 14.8. The van der Waals surface area contributed by atoms with Crippen LogP contribution in [0.3, 0.4) is 0 Å². The summed E-state index contributed by atoms with van der Waals surface area (Å²) in [6, 6.07) is 7.03. The van der Waals surface area contributed by atoms with Crippen molar-refractivity contribution < 1.29 is 4.79 Å². The highest BCUT2D eigenvalue weighted by Crippen LogP contribution is 2.38. The third kappa shape index (κ3) is 3.77. The van der Waals surface area contributed by atoms with Gasteiger partial charge in [-0.3, -0.25) is 9.89 Å². The molecule has 1 aliphatic rings. The van der Waals surface area contributed by atoms with Gasteiger partial charge in [-0.15, -0.1) is 5.10 Å². The van der Waals surface area contributed by atoms with Gasteiger partial charge in [0.1, 0.15) is 5.82 Å². The molecule has 1 heterocycles. The summed E-state index contributed by atoms with van der Waals surface area (Å²) in [7, 11) is 0. The molecule has 2 aromatic rings. The lowest BCUT2D eigenvalue weighted by Gasteiger charge is -2.10. The van der Waals surface area contributed by atoms with Crippen LogP contribution in [0.4, 0.5) is 5.69 Å². The highest BCUT2D eigenvalue weighted by Gasteiger charge is 2.27. The number of benzene rings is 1. The van der Waals surface area contributed by atoms with E-state index in [1.54, 1.807) is 24.3 Å². The molecular weight excluding hydrogens is 308 g/mol. The van der Waals surface area contributed by atoms with E-state index in [-0.39, 0.29) is 11.2 Å². The summed E-state index contributed by atoms with van der Waals surface area (Å²) < 4.78 is 0. The lowest BCUT2D eigenvalue weighted by molar-refractivity contribution is -0.115. The van der Waals surface area contributed by atoms with E-state index in [9.17, 15) is 4.79 Å². The Hall–Kier alpha value is -1.53. The molecule has 0 aliphatic heterocycles. The Balaban J connectivity index is 1.57. The minimum Gasteiger partial charge on any atom is -0.325 e. The quantitative estimate of drug-likeness (QED) is 0.827. The summed E-state index contributed by atoms with van der Waals surface area (Å²) >= 11 is 7.16. The SMILES string of the molecule is CC(Sc1n[nH]c(C2CC2)n1)C(=O)Nc1ccc(Cl)cc1. The van der Waals surface area contributed by atoms with Gasteiger partial charge >= 0.3 is 0 Å². The van der Waals surface area contributed by atoms with Crippen molar-refractivity contribution >= 4 is 35.0 Å². The second kappa shape index (κ2) is 6.07. The average Bonchev–Trinajstić information content (AvgIpc) is 3.22. The van der Waals surface area contributed by atoms with Crippen molar-refractivity contribution in [2.24, 2.45) is 0 Å². The van der Waals surface area contributed by atoms with E-state index in [1.807, 2.05) is 6.92 Å². The third-order valence-corrected chi connectivity index (χ3v) is 4.42. The zero-order valence-corrected chi connectivity index (χ0v) is 13.0. The lowest BCUT2D eigenvalue weighted by atomic mass is 10.3. The normalized spacial score (nSPS) is 15.7. The average molecular weight is 323 g/mol. The zero-order valence-electron chi connectivity index (χ0n) is 11.5. The van der Waals surface area contributed by atoms with Crippen LogP contribution in [0.25, 0.3) is 0 Å². The fourth-order valence-electron chi connectivity index (χ4n) is 1.84. The first kappa shape index (κ1) is 14.4. The van der Waals surface area contributed by atoms with Gasteiger partial charge in [0.2, 0.25) is 11.1 Å². The Morgan fingerprint density at radius 2 is 2.14 bits per heavy atom. The molecule has 0 bridgehead atoms. The van der Waals surface area contributed by atoms with Crippen LogP contribution in [0.15, 0.2) is 29.4 Å². The minimum absolute atomic E-state index is 0.0832. The number of carbonyl (C=O) groups is 1. The number of rotatable bonds is 5. The smallest absolute Gasteiger partial charge is 0.237 e. The molecule has 1 saturated carbocycles. The van der Waals surface area contributed by atoms with E-state index in [0.29, 0.717) is 16.1 Å². The number of hydrogen-bond acceptors (Lipinski definition) is 4. The Morgan fingerprint density at radius 1 is 1.43 bits per heavy atom. The molecule has 5 nitrogen and oxygen atoms in total. The molecule has 3 rings (SSSR count). The Kier molecular flexibility index (Phi) is 4.17. The van der Waals surface area contributed by atoms with Gasteiger partial charge in [0.15, 0.2) is 0 Å². The fourth-order valence-corrected chi connectivity index (χ4v) is 2.70. The van der Waals surface area contributed by atoms with E-state index >= 15 is 0 Å². The predicted molar refractivity (Wildman–Crippen MR) is 83.8 cm³/mol. The number of anilines is 1. The van der Waals surface area contributed by atoms with Crippen molar-refractivity contribution in [3.05, 3.63) is 35.1 Å². The number of H-pyrrole nitrogens is 1. The van der Waals surface area contributed by atoms with E-state index in [0.717, 1.165) is 11.5 Å². The molecule has 0 saturated heterocycles. The van der Waals surface area contributed by atoms with E-state index < -0.39 is 0 Å². The summed E-state index contributed by atoms with van der Waals surface area (Å²) in [6.07, 6.45) is 2.35. The number of carbonyl (C=O) groups excluding carboxylic acids is 1. The van der Waals surface area contributed by atoms with Gasteiger partial charge in [0.25, 0.3) is 0 Å². The number of nitrogens with one attached hydrogen (secondary N) is 2. The highest BCUT2D eigenvalue weighted by molar-refractivity contribution is 8.00. The molecule has 0 radical (unpaired) electrons. The molecule has 1 fully saturated rings. The van der Waals surface area contributed by atoms with Crippen LogP contribution in [0.1, 0.15) is 31.5 Å².